The van der Waals surface area contributed by atoms with Crippen LogP contribution in [0.1, 0.15) is 32.6 Å². The fraction of sp³-hybridized carbons (Fsp3) is 0.700. The van der Waals surface area contributed by atoms with Crippen LogP contribution in [0.5, 0.6) is 0 Å². The molecule has 0 aromatic heterocycles. The summed E-state index contributed by atoms with van der Waals surface area (Å²) in [6, 6.07) is 0. The summed E-state index contributed by atoms with van der Waals surface area (Å²) < 4.78 is 5.64. The number of allylic oxidation sites excluding steroid dienone is 1. The number of carbonyl (C=O) groups is 1. The van der Waals surface area contributed by atoms with Gasteiger partial charge in [0.15, 0.2) is 0 Å². The maximum Gasteiger partial charge on any atom is 0.330 e. The highest BCUT2D eigenvalue weighted by Gasteiger charge is 2.14. The number of carbonyl (C=O) groups excluding carboxylic acids is 1. The van der Waals surface area contributed by atoms with E-state index >= 15 is 0 Å². The first-order chi connectivity index (χ1) is 6.22. The number of hydrogen-bond acceptors (Lipinski definition) is 2. The zero-order chi connectivity index (χ0) is 9.68. The number of halogens is 1. The van der Waals surface area contributed by atoms with Crippen molar-refractivity contribution in [2.24, 2.45) is 0 Å². The molecule has 0 aromatic carbocycles. The van der Waals surface area contributed by atoms with E-state index in [1.165, 1.54) is 18.4 Å². The first-order valence-electron chi connectivity index (χ1n) is 4.72. The molecule has 13 heavy (non-hydrogen) atoms. The Morgan fingerprint density at radius 3 is 2.77 bits per heavy atom. The van der Waals surface area contributed by atoms with Crippen molar-refractivity contribution in [3.05, 3.63) is 11.6 Å². The molecule has 1 fully saturated rings. The number of ether oxygens (including phenoxy) is 1. The van der Waals surface area contributed by atoms with E-state index in [2.05, 4.69) is 22.6 Å². The molecule has 0 amide bonds. The zero-order valence-corrected chi connectivity index (χ0v) is 10.0. The van der Waals surface area contributed by atoms with E-state index in [0.29, 0.717) is 6.61 Å². The largest absolute Gasteiger partial charge is 0.463 e. The Bertz CT molecular complexity index is 201. The van der Waals surface area contributed by atoms with Crippen LogP contribution in [0.3, 0.4) is 0 Å². The van der Waals surface area contributed by atoms with Crippen LogP contribution in [0.2, 0.25) is 0 Å². The molecule has 1 aliphatic carbocycles. The van der Waals surface area contributed by atoms with Crippen LogP contribution >= 0.6 is 22.6 Å². The molecule has 0 N–H and O–H groups in total. The van der Waals surface area contributed by atoms with E-state index in [1.54, 1.807) is 6.08 Å². The molecule has 0 atom stereocenters. The van der Waals surface area contributed by atoms with Crippen LogP contribution in [-0.4, -0.2) is 16.5 Å². The fourth-order valence-corrected chi connectivity index (χ4v) is 2.07. The van der Waals surface area contributed by atoms with Gasteiger partial charge in [-0.15, -0.1) is 0 Å². The molecule has 2 nitrogen and oxygen atoms in total. The first-order valence-corrected chi connectivity index (χ1v) is 5.97. The highest BCUT2D eigenvalue weighted by Crippen LogP contribution is 2.28. The van der Waals surface area contributed by atoms with Crippen molar-refractivity contribution in [3.63, 3.8) is 0 Å². The van der Waals surface area contributed by atoms with Gasteiger partial charge in [0, 0.05) is 10.0 Å². The van der Waals surface area contributed by atoms with Gasteiger partial charge < -0.3 is 4.74 Å². The average molecular weight is 294 g/mol. The third-order valence-corrected chi connectivity index (χ3v) is 3.41. The third-order valence-electron chi connectivity index (χ3n) is 2.17. The normalized spacial score (nSPS) is 22.6. The molecule has 1 aliphatic rings. The molecular weight excluding hydrogens is 279 g/mol. The average Bonchev–Trinajstić information content (AvgIpc) is 2.09. The third kappa shape index (κ3) is 4.11. The number of rotatable bonds is 2. The van der Waals surface area contributed by atoms with Gasteiger partial charge in [0.2, 0.25) is 0 Å². The molecule has 0 aliphatic heterocycles. The first kappa shape index (κ1) is 11.0. The molecular formula is C10H15IO2. The van der Waals surface area contributed by atoms with E-state index < -0.39 is 0 Å². The predicted octanol–water partition coefficient (Wildman–Crippen LogP) is 2.85. The van der Waals surface area contributed by atoms with Gasteiger partial charge in [-0.2, -0.15) is 0 Å². The van der Waals surface area contributed by atoms with E-state index in [0.717, 1.165) is 16.8 Å². The Labute approximate surface area is 92.9 Å². The second kappa shape index (κ2) is 5.62. The van der Waals surface area contributed by atoms with E-state index in [1.807, 2.05) is 6.92 Å². The molecule has 1 rings (SSSR count). The van der Waals surface area contributed by atoms with E-state index in [-0.39, 0.29) is 5.97 Å². The quantitative estimate of drug-likeness (QED) is 0.339. The number of alkyl halides is 1. The summed E-state index contributed by atoms with van der Waals surface area (Å²) in [5, 5.41) is 0. The molecule has 0 spiro atoms. The Hall–Kier alpha value is -0.0600. The summed E-state index contributed by atoms with van der Waals surface area (Å²) in [6.45, 7) is 2.30. The van der Waals surface area contributed by atoms with Gasteiger partial charge in [-0.1, -0.05) is 28.2 Å². The lowest BCUT2D eigenvalue weighted by Gasteiger charge is -2.18. The van der Waals surface area contributed by atoms with Crippen LogP contribution < -0.4 is 0 Å². The van der Waals surface area contributed by atoms with Crippen molar-refractivity contribution in [3.8, 4) is 0 Å². The summed E-state index contributed by atoms with van der Waals surface area (Å²) in [7, 11) is 0. The van der Waals surface area contributed by atoms with Crippen LogP contribution in [0.25, 0.3) is 0 Å². The van der Waals surface area contributed by atoms with Gasteiger partial charge in [-0.3, -0.25) is 0 Å². The van der Waals surface area contributed by atoms with Crippen LogP contribution in [0.4, 0.5) is 0 Å². The van der Waals surface area contributed by atoms with Crippen molar-refractivity contribution in [2.45, 2.75) is 36.5 Å². The summed E-state index contributed by atoms with van der Waals surface area (Å²) >= 11 is 2.47. The number of hydrogen-bond donors (Lipinski definition) is 0. The van der Waals surface area contributed by atoms with E-state index in [4.69, 9.17) is 4.74 Å². The monoisotopic (exact) mass is 294 g/mol. The Morgan fingerprint density at radius 1 is 1.62 bits per heavy atom. The van der Waals surface area contributed by atoms with Crippen LogP contribution in [0, 0.1) is 0 Å². The van der Waals surface area contributed by atoms with Crippen molar-refractivity contribution >= 4 is 28.6 Å². The molecule has 0 heterocycles. The molecule has 0 unspecified atom stereocenters. The summed E-state index contributed by atoms with van der Waals surface area (Å²) in [4.78, 5) is 11.1. The van der Waals surface area contributed by atoms with Gasteiger partial charge in [0.1, 0.15) is 0 Å². The second-order valence-corrected chi connectivity index (χ2v) is 4.99. The Kier molecular flexibility index (Phi) is 4.77. The second-order valence-electron chi connectivity index (χ2n) is 3.23. The lowest BCUT2D eigenvalue weighted by molar-refractivity contribution is -0.137. The molecule has 3 heteroatoms. The predicted molar refractivity (Wildman–Crippen MR) is 61.0 cm³/mol. The Balaban J connectivity index is 2.38. The maximum atomic E-state index is 11.1. The molecule has 0 saturated heterocycles. The minimum Gasteiger partial charge on any atom is -0.463 e. The van der Waals surface area contributed by atoms with Crippen molar-refractivity contribution < 1.29 is 9.53 Å². The molecule has 0 aromatic rings. The minimum absolute atomic E-state index is 0.176. The van der Waals surface area contributed by atoms with E-state index in [9.17, 15) is 4.79 Å². The summed E-state index contributed by atoms with van der Waals surface area (Å²) in [5.41, 5.74) is 1.26. The Morgan fingerprint density at radius 2 is 2.23 bits per heavy atom. The topological polar surface area (TPSA) is 26.3 Å². The van der Waals surface area contributed by atoms with Gasteiger partial charge in [-0.25, -0.2) is 4.79 Å². The van der Waals surface area contributed by atoms with Gasteiger partial charge in [0.25, 0.3) is 0 Å². The molecule has 1 saturated carbocycles. The molecule has 74 valence electrons. The van der Waals surface area contributed by atoms with Gasteiger partial charge in [0.05, 0.1) is 6.61 Å². The molecule has 0 bridgehead atoms. The van der Waals surface area contributed by atoms with Crippen molar-refractivity contribution in [1.82, 2.24) is 0 Å². The van der Waals surface area contributed by atoms with Crippen molar-refractivity contribution in [2.75, 3.05) is 6.61 Å². The van der Waals surface area contributed by atoms with Crippen molar-refractivity contribution in [1.29, 1.82) is 0 Å². The maximum absolute atomic E-state index is 11.1. The SMILES string of the molecule is CCOC(=O)C=C1CCC(I)CC1. The fourth-order valence-electron chi connectivity index (χ4n) is 1.45. The van der Waals surface area contributed by atoms with Gasteiger partial charge in [-0.05, 0) is 32.6 Å². The zero-order valence-electron chi connectivity index (χ0n) is 7.88. The highest BCUT2D eigenvalue weighted by molar-refractivity contribution is 14.1. The standard InChI is InChI=1S/C10H15IO2/c1-2-13-10(12)7-8-3-5-9(11)6-4-8/h7,9H,2-6H2,1H3. The van der Waals surface area contributed by atoms with Crippen LogP contribution in [-0.2, 0) is 9.53 Å². The molecule has 0 radical (unpaired) electrons. The highest BCUT2D eigenvalue weighted by atomic mass is 127. The van der Waals surface area contributed by atoms with Crippen LogP contribution in [0.15, 0.2) is 11.6 Å². The number of esters is 1. The van der Waals surface area contributed by atoms with Gasteiger partial charge >= 0.3 is 5.97 Å². The lowest BCUT2D eigenvalue weighted by atomic mass is 9.95. The summed E-state index contributed by atoms with van der Waals surface area (Å²) in [5.74, 6) is -0.176. The summed E-state index contributed by atoms with van der Waals surface area (Å²) in [6.07, 6.45) is 6.20. The minimum atomic E-state index is -0.176. The smallest absolute Gasteiger partial charge is 0.330 e. The lowest BCUT2D eigenvalue weighted by Crippen LogP contribution is -2.08.